The van der Waals surface area contributed by atoms with Crippen LogP contribution in [0.3, 0.4) is 0 Å². The van der Waals surface area contributed by atoms with Crippen LogP contribution in [0.25, 0.3) is 0 Å². The SMILES string of the molecule is CC1=CC=C/C1=C\C=C1C=CN(C)C=C1.[Fe].c1cc[cH-]c1. The van der Waals surface area contributed by atoms with Gasteiger partial charge in [-0.2, -0.15) is 18.2 Å². The van der Waals surface area contributed by atoms with E-state index in [0.29, 0.717) is 0 Å². The van der Waals surface area contributed by atoms with Gasteiger partial charge in [0, 0.05) is 36.5 Å². The molecule has 2 heteroatoms. The first-order valence-corrected chi connectivity index (χ1v) is 6.78. The second kappa shape index (κ2) is 9.12. The first-order valence-electron chi connectivity index (χ1n) is 6.78. The maximum absolute atomic E-state index is 2.16. The van der Waals surface area contributed by atoms with Gasteiger partial charge in [0.1, 0.15) is 0 Å². The Kier molecular flexibility index (Phi) is 7.45. The van der Waals surface area contributed by atoms with Gasteiger partial charge in [-0.3, -0.25) is 0 Å². The molecule has 0 atom stereocenters. The van der Waals surface area contributed by atoms with E-state index in [1.54, 1.807) is 0 Å². The van der Waals surface area contributed by atoms with Crippen molar-refractivity contribution >= 4 is 0 Å². The quantitative estimate of drug-likeness (QED) is 0.534. The molecule has 1 heterocycles. The minimum Gasteiger partial charge on any atom is -0.357 e. The predicted octanol–water partition coefficient (Wildman–Crippen LogP) is 4.73. The summed E-state index contributed by atoms with van der Waals surface area (Å²) in [4.78, 5) is 2.03. The van der Waals surface area contributed by atoms with Crippen LogP contribution >= 0.6 is 0 Å². The van der Waals surface area contributed by atoms with E-state index < -0.39 is 0 Å². The third kappa shape index (κ3) is 5.95. The largest absolute Gasteiger partial charge is 0.357 e. The molecule has 0 fully saturated rings. The average Bonchev–Trinajstić information content (AvgIpc) is 3.13. The fourth-order valence-corrected chi connectivity index (χ4v) is 1.84. The van der Waals surface area contributed by atoms with E-state index in [1.165, 1.54) is 16.7 Å². The van der Waals surface area contributed by atoms with Crippen molar-refractivity contribution in [1.29, 1.82) is 0 Å². The first kappa shape index (κ1) is 17.2. The summed E-state index contributed by atoms with van der Waals surface area (Å²) < 4.78 is 0. The summed E-state index contributed by atoms with van der Waals surface area (Å²) in [7, 11) is 2.02. The minimum absolute atomic E-state index is 0. The van der Waals surface area contributed by atoms with E-state index in [2.05, 4.69) is 61.9 Å². The van der Waals surface area contributed by atoms with Gasteiger partial charge in [0.25, 0.3) is 0 Å². The standard InChI is InChI=1S/C14H15N.C5H5.Fe/c1-12-4-3-5-14(12)7-6-13-8-10-15(2)11-9-13;1-2-4-5-3-1;/h3-11H,1-2H3;1-5H;/q;-1;/b14-7+;;. The summed E-state index contributed by atoms with van der Waals surface area (Å²) in [6, 6.07) is 10.0. The van der Waals surface area contributed by atoms with Crippen LogP contribution in [0.1, 0.15) is 6.92 Å². The zero-order valence-corrected chi connectivity index (χ0v) is 13.5. The monoisotopic (exact) mass is 318 g/mol. The van der Waals surface area contributed by atoms with Crippen molar-refractivity contribution in [2.24, 2.45) is 0 Å². The van der Waals surface area contributed by atoms with Crippen LogP contribution in [0.5, 0.6) is 0 Å². The number of allylic oxidation sites excluding steroid dienone is 10. The van der Waals surface area contributed by atoms with Crippen molar-refractivity contribution in [3.8, 4) is 0 Å². The molecule has 2 aliphatic rings. The van der Waals surface area contributed by atoms with Gasteiger partial charge in [-0.15, -0.1) is 0 Å². The summed E-state index contributed by atoms with van der Waals surface area (Å²) in [5.74, 6) is 0. The van der Waals surface area contributed by atoms with Crippen molar-refractivity contribution in [2.75, 3.05) is 7.05 Å². The summed E-state index contributed by atoms with van der Waals surface area (Å²) in [6.07, 6.45) is 19.0. The van der Waals surface area contributed by atoms with E-state index in [4.69, 9.17) is 0 Å². The maximum Gasteiger partial charge on any atom is 0.0106 e. The summed E-state index contributed by atoms with van der Waals surface area (Å²) in [5, 5.41) is 0. The van der Waals surface area contributed by atoms with Gasteiger partial charge in [0.2, 0.25) is 0 Å². The van der Waals surface area contributed by atoms with Gasteiger partial charge >= 0.3 is 0 Å². The topological polar surface area (TPSA) is 3.24 Å². The van der Waals surface area contributed by atoms with Crippen LogP contribution in [-0.4, -0.2) is 11.9 Å². The van der Waals surface area contributed by atoms with E-state index >= 15 is 0 Å². The Morgan fingerprint density at radius 2 is 1.67 bits per heavy atom. The Morgan fingerprint density at radius 3 is 2.14 bits per heavy atom. The van der Waals surface area contributed by atoms with Crippen LogP contribution in [0.15, 0.2) is 102 Å². The molecule has 0 saturated heterocycles. The van der Waals surface area contributed by atoms with Gasteiger partial charge in [-0.25, -0.2) is 12.1 Å². The fraction of sp³-hybridized carbons (Fsp3) is 0.105. The maximum atomic E-state index is 2.16. The summed E-state index contributed by atoms with van der Waals surface area (Å²) in [6.45, 7) is 2.13. The molecule has 0 aromatic heterocycles. The van der Waals surface area contributed by atoms with E-state index in [1.807, 2.05) is 42.3 Å². The Morgan fingerprint density at radius 1 is 1.00 bits per heavy atom. The molecule has 1 aromatic carbocycles. The summed E-state index contributed by atoms with van der Waals surface area (Å²) >= 11 is 0. The molecule has 1 aromatic rings. The van der Waals surface area contributed by atoms with Crippen molar-refractivity contribution in [2.45, 2.75) is 6.92 Å². The number of rotatable bonds is 1. The van der Waals surface area contributed by atoms with Gasteiger partial charge in [0.15, 0.2) is 0 Å². The van der Waals surface area contributed by atoms with Crippen LogP contribution in [-0.2, 0) is 17.1 Å². The number of hydrogen-bond donors (Lipinski definition) is 0. The van der Waals surface area contributed by atoms with E-state index in [9.17, 15) is 0 Å². The smallest absolute Gasteiger partial charge is 0.0106 e. The zero-order chi connectivity index (χ0) is 14.2. The molecular weight excluding hydrogens is 298 g/mol. The molecule has 21 heavy (non-hydrogen) atoms. The normalized spacial score (nSPS) is 17.2. The number of nitrogens with zero attached hydrogens (tertiary/aromatic N) is 1. The zero-order valence-electron chi connectivity index (χ0n) is 12.4. The van der Waals surface area contributed by atoms with Crippen LogP contribution in [0.4, 0.5) is 0 Å². The third-order valence-corrected chi connectivity index (χ3v) is 3.09. The van der Waals surface area contributed by atoms with Crippen molar-refractivity contribution in [1.82, 2.24) is 4.90 Å². The second-order valence-corrected chi connectivity index (χ2v) is 4.76. The number of hydrogen-bond acceptors (Lipinski definition) is 1. The van der Waals surface area contributed by atoms with Crippen LogP contribution in [0.2, 0.25) is 0 Å². The van der Waals surface area contributed by atoms with Crippen molar-refractivity contribution < 1.29 is 17.1 Å². The Bertz CT molecular complexity index is 562. The van der Waals surface area contributed by atoms with Gasteiger partial charge in [-0.1, -0.05) is 30.4 Å². The van der Waals surface area contributed by atoms with Crippen molar-refractivity contribution in [3.05, 3.63) is 102 Å². The second-order valence-electron chi connectivity index (χ2n) is 4.76. The molecule has 0 N–H and O–H groups in total. The fourth-order valence-electron chi connectivity index (χ4n) is 1.84. The molecule has 3 rings (SSSR count). The van der Waals surface area contributed by atoms with Gasteiger partial charge < -0.3 is 4.90 Å². The Labute approximate surface area is 138 Å². The predicted molar refractivity (Wildman–Crippen MR) is 87.1 cm³/mol. The first-order chi connectivity index (χ1) is 9.75. The Hall–Kier alpha value is -1.89. The van der Waals surface area contributed by atoms with Gasteiger partial charge in [-0.05, 0) is 35.8 Å². The molecule has 0 amide bonds. The molecule has 0 spiro atoms. The van der Waals surface area contributed by atoms with E-state index in [0.717, 1.165) is 0 Å². The molecular formula is C19H20FeN-. The van der Waals surface area contributed by atoms with E-state index in [-0.39, 0.29) is 17.1 Å². The molecule has 1 aliphatic carbocycles. The summed E-state index contributed by atoms with van der Waals surface area (Å²) in [5.41, 5.74) is 3.85. The molecule has 1 nitrogen and oxygen atoms in total. The van der Waals surface area contributed by atoms with Crippen LogP contribution < -0.4 is 0 Å². The average molecular weight is 318 g/mol. The van der Waals surface area contributed by atoms with Crippen LogP contribution in [0, 0.1) is 0 Å². The molecule has 0 unspecified atom stereocenters. The third-order valence-electron chi connectivity index (χ3n) is 3.09. The molecule has 0 bridgehead atoms. The minimum atomic E-state index is 0. The Balaban J connectivity index is 0.000000313. The molecule has 0 saturated carbocycles. The molecule has 0 radical (unpaired) electrons. The molecule has 110 valence electrons. The molecule has 1 aliphatic heterocycles. The van der Waals surface area contributed by atoms with Gasteiger partial charge in [0.05, 0.1) is 0 Å². The van der Waals surface area contributed by atoms with Crippen molar-refractivity contribution in [3.63, 3.8) is 0 Å².